The van der Waals surface area contributed by atoms with Gasteiger partial charge < -0.3 is 5.73 Å². The summed E-state index contributed by atoms with van der Waals surface area (Å²) >= 11 is 0. The Morgan fingerprint density at radius 2 is 1.94 bits per heavy atom. The first kappa shape index (κ1) is 13.1. The van der Waals surface area contributed by atoms with E-state index in [4.69, 9.17) is 5.73 Å². The number of carbonyl (C=O) groups is 1. The van der Waals surface area contributed by atoms with Gasteiger partial charge in [0.25, 0.3) is 0 Å². The first-order valence-electron chi connectivity index (χ1n) is 5.84. The smallest absolute Gasteiger partial charge is 0.327 e. The van der Waals surface area contributed by atoms with Crippen LogP contribution in [0.2, 0.25) is 0 Å². The Kier molecular flexibility index (Phi) is 3.43. The highest BCUT2D eigenvalue weighted by molar-refractivity contribution is 5.98. The fraction of sp³-hybridized carbons (Fsp3) is 0.462. The first-order chi connectivity index (χ1) is 8.39. The molecule has 18 heavy (non-hydrogen) atoms. The molecular weight excluding hydrogens is 243 g/mol. The Morgan fingerprint density at radius 3 is 2.50 bits per heavy atom. The molecule has 0 aliphatic heterocycles. The number of carbonyl (C=O) groups excluding carboxylic acids is 1. The summed E-state index contributed by atoms with van der Waals surface area (Å²) in [6, 6.07) is 4.53. The van der Waals surface area contributed by atoms with Crippen molar-refractivity contribution in [2.45, 2.75) is 31.5 Å². The van der Waals surface area contributed by atoms with E-state index in [0.717, 1.165) is 18.9 Å². The highest BCUT2D eigenvalue weighted by atomic mass is 19.4. The van der Waals surface area contributed by atoms with Crippen LogP contribution in [0.25, 0.3) is 0 Å². The number of nitrogens with two attached hydrogens (primary N) is 1. The number of hydrogen-bond donors (Lipinski definition) is 1. The molecule has 0 bridgehead atoms. The van der Waals surface area contributed by atoms with Gasteiger partial charge in [-0.3, -0.25) is 4.79 Å². The van der Waals surface area contributed by atoms with Crippen LogP contribution in [0.3, 0.4) is 0 Å². The maximum atomic E-state index is 12.7. The number of alkyl halides is 3. The van der Waals surface area contributed by atoms with Crippen LogP contribution < -0.4 is 5.73 Å². The number of halogens is 3. The topological polar surface area (TPSA) is 43.1 Å². The van der Waals surface area contributed by atoms with Crippen LogP contribution in [-0.4, -0.2) is 11.8 Å². The van der Waals surface area contributed by atoms with Crippen molar-refractivity contribution in [3.63, 3.8) is 0 Å². The second kappa shape index (κ2) is 4.72. The van der Waals surface area contributed by atoms with Gasteiger partial charge in [-0.15, -0.1) is 0 Å². The van der Waals surface area contributed by atoms with Gasteiger partial charge in [-0.05, 0) is 24.8 Å². The molecule has 1 saturated carbocycles. The molecule has 0 saturated heterocycles. The normalized spacial score (nSPS) is 17.6. The number of Topliss-reactive ketones (excluding diaryl/α,β-unsaturated/α-hetero) is 1. The minimum atomic E-state index is -4.50. The van der Waals surface area contributed by atoms with E-state index in [1.54, 1.807) is 0 Å². The summed E-state index contributed by atoms with van der Waals surface area (Å²) in [6.07, 6.45) is -2.58. The number of hydrogen-bond acceptors (Lipinski definition) is 2. The fourth-order valence-electron chi connectivity index (χ4n) is 1.99. The predicted molar refractivity (Wildman–Crippen MR) is 61.1 cm³/mol. The second-order valence-corrected chi connectivity index (χ2v) is 4.67. The van der Waals surface area contributed by atoms with Crippen LogP contribution in [0.5, 0.6) is 0 Å². The van der Waals surface area contributed by atoms with Gasteiger partial charge in [0.15, 0.2) is 5.78 Å². The molecule has 0 amide bonds. The molecule has 2 rings (SSSR count). The van der Waals surface area contributed by atoms with Crippen molar-refractivity contribution in [3.05, 3.63) is 35.4 Å². The van der Waals surface area contributed by atoms with Crippen molar-refractivity contribution in [3.8, 4) is 0 Å². The van der Waals surface area contributed by atoms with Crippen molar-refractivity contribution in [1.29, 1.82) is 0 Å². The lowest BCUT2D eigenvalue weighted by Crippen LogP contribution is -2.27. The molecule has 1 aliphatic rings. The average Bonchev–Trinajstić information content (AvgIpc) is 3.11. The van der Waals surface area contributed by atoms with E-state index >= 15 is 0 Å². The van der Waals surface area contributed by atoms with Crippen molar-refractivity contribution >= 4 is 5.78 Å². The van der Waals surface area contributed by atoms with Gasteiger partial charge in [-0.25, -0.2) is 0 Å². The lowest BCUT2D eigenvalue weighted by atomic mass is 9.97. The molecule has 0 aromatic heterocycles. The van der Waals surface area contributed by atoms with Crippen molar-refractivity contribution in [1.82, 2.24) is 0 Å². The third-order valence-electron chi connectivity index (χ3n) is 3.18. The molecule has 5 heteroatoms. The number of ketones is 1. The van der Waals surface area contributed by atoms with E-state index in [-0.39, 0.29) is 18.0 Å². The minimum absolute atomic E-state index is 0.0161. The molecule has 0 heterocycles. The molecule has 1 aromatic rings. The molecule has 1 atom stereocenters. The number of rotatable bonds is 4. The van der Waals surface area contributed by atoms with Crippen LogP contribution in [-0.2, 0) is 6.18 Å². The highest BCUT2D eigenvalue weighted by Gasteiger charge is 2.36. The lowest BCUT2D eigenvalue weighted by molar-refractivity contribution is -0.137. The van der Waals surface area contributed by atoms with Crippen LogP contribution >= 0.6 is 0 Å². The van der Waals surface area contributed by atoms with E-state index in [1.807, 2.05) is 0 Å². The largest absolute Gasteiger partial charge is 0.417 e. The van der Waals surface area contributed by atoms with E-state index in [9.17, 15) is 18.0 Å². The zero-order chi connectivity index (χ0) is 13.3. The van der Waals surface area contributed by atoms with Gasteiger partial charge in [0.1, 0.15) is 0 Å². The monoisotopic (exact) mass is 257 g/mol. The Balaban J connectivity index is 2.19. The van der Waals surface area contributed by atoms with Crippen molar-refractivity contribution < 1.29 is 18.0 Å². The molecule has 1 aromatic carbocycles. The van der Waals surface area contributed by atoms with Crippen LogP contribution in [0.1, 0.15) is 35.2 Å². The number of benzene rings is 1. The van der Waals surface area contributed by atoms with E-state index < -0.39 is 17.5 Å². The highest BCUT2D eigenvalue weighted by Crippen LogP contribution is 2.35. The van der Waals surface area contributed by atoms with Gasteiger partial charge in [-0.2, -0.15) is 13.2 Å². The summed E-state index contributed by atoms with van der Waals surface area (Å²) in [5, 5.41) is 0. The minimum Gasteiger partial charge on any atom is -0.327 e. The predicted octanol–water partition coefficient (Wildman–Crippen LogP) is 3.02. The van der Waals surface area contributed by atoms with Gasteiger partial charge in [0.2, 0.25) is 0 Å². The maximum absolute atomic E-state index is 12.7. The van der Waals surface area contributed by atoms with Crippen LogP contribution in [0, 0.1) is 5.92 Å². The summed E-state index contributed by atoms with van der Waals surface area (Å²) in [5.41, 5.74) is 4.62. The quantitative estimate of drug-likeness (QED) is 0.842. The van der Waals surface area contributed by atoms with E-state index in [0.29, 0.717) is 5.92 Å². The van der Waals surface area contributed by atoms with Crippen LogP contribution in [0.15, 0.2) is 24.3 Å². The molecule has 1 fully saturated rings. The third-order valence-corrected chi connectivity index (χ3v) is 3.18. The van der Waals surface area contributed by atoms with Crippen LogP contribution in [0.4, 0.5) is 13.2 Å². The Hall–Kier alpha value is -1.36. The van der Waals surface area contributed by atoms with Gasteiger partial charge in [-0.1, -0.05) is 18.2 Å². The molecular formula is C13H14F3NO. The summed E-state index contributed by atoms with van der Waals surface area (Å²) in [6.45, 7) is 0. The third kappa shape index (κ3) is 2.90. The average molecular weight is 257 g/mol. The first-order valence-corrected chi connectivity index (χ1v) is 5.84. The Bertz CT molecular complexity index is 452. The Morgan fingerprint density at radius 1 is 1.33 bits per heavy atom. The second-order valence-electron chi connectivity index (χ2n) is 4.67. The zero-order valence-electron chi connectivity index (χ0n) is 9.70. The Labute approximate surface area is 103 Å². The molecule has 2 nitrogen and oxygen atoms in total. The van der Waals surface area contributed by atoms with Crippen molar-refractivity contribution in [2.75, 3.05) is 0 Å². The molecule has 98 valence electrons. The zero-order valence-corrected chi connectivity index (χ0v) is 9.70. The molecule has 0 radical (unpaired) electrons. The SMILES string of the molecule is NC(CC(=O)c1ccccc1C(F)(F)F)C1CC1. The molecule has 1 unspecified atom stereocenters. The van der Waals surface area contributed by atoms with Crippen molar-refractivity contribution in [2.24, 2.45) is 11.7 Å². The van der Waals surface area contributed by atoms with E-state index in [1.165, 1.54) is 18.2 Å². The summed E-state index contributed by atoms with van der Waals surface area (Å²) < 4.78 is 38.2. The van der Waals surface area contributed by atoms with E-state index in [2.05, 4.69) is 0 Å². The van der Waals surface area contributed by atoms with Gasteiger partial charge in [0.05, 0.1) is 5.56 Å². The molecule has 1 aliphatic carbocycles. The summed E-state index contributed by atoms with van der Waals surface area (Å²) in [5.74, 6) is -0.227. The summed E-state index contributed by atoms with van der Waals surface area (Å²) in [7, 11) is 0. The maximum Gasteiger partial charge on any atom is 0.417 e. The molecule has 0 spiro atoms. The van der Waals surface area contributed by atoms with Gasteiger partial charge in [0, 0.05) is 18.0 Å². The summed E-state index contributed by atoms with van der Waals surface area (Å²) in [4.78, 5) is 11.9. The lowest BCUT2D eigenvalue weighted by Gasteiger charge is -2.14. The standard InChI is InChI=1S/C13H14F3NO/c14-13(15,16)10-4-2-1-3-9(10)12(18)7-11(17)8-5-6-8/h1-4,8,11H,5-7,17H2. The van der Waals surface area contributed by atoms with Gasteiger partial charge >= 0.3 is 6.18 Å². The molecule has 2 N–H and O–H groups in total. The fourth-order valence-corrected chi connectivity index (χ4v) is 1.99.